The highest BCUT2D eigenvalue weighted by Crippen LogP contribution is 2.59. The minimum atomic E-state index is -0.782. The van der Waals surface area contributed by atoms with E-state index in [0.29, 0.717) is 0 Å². The maximum Gasteiger partial charge on any atom is 0.307 e. The number of carboxylic acids is 1. The summed E-state index contributed by atoms with van der Waals surface area (Å²) < 4.78 is 0.150. The van der Waals surface area contributed by atoms with E-state index in [1.54, 1.807) is 6.08 Å². The lowest BCUT2D eigenvalue weighted by molar-refractivity contribution is -0.139. The van der Waals surface area contributed by atoms with Gasteiger partial charge >= 0.3 is 5.97 Å². The molecule has 5 heteroatoms. The van der Waals surface area contributed by atoms with Gasteiger partial charge in [0.1, 0.15) is 4.49 Å². The molecular formula is C8H11Cl3O2. The molecule has 0 aromatic carbocycles. The molecule has 0 saturated heterocycles. The summed E-state index contributed by atoms with van der Waals surface area (Å²) in [6, 6.07) is 0. The molecule has 1 N–H and O–H groups in total. The smallest absolute Gasteiger partial charge is 0.307 e. The van der Waals surface area contributed by atoms with Crippen LogP contribution in [0.3, 0.4) is 0 Å². The Bertz CT molecular complexity index is 244. The summed E-state index contributed by atoms with van der Waals surface area (Å²) in [4.78, 5) is 10.7. The first-order valence-corrected chi connectivity index (χ1v) is 4.38. The standard InChI is InChI=1S/C8H10Cl2O2.ClH/c1-8(2)4(3-5(9)10)6(8)7(11)12;/h3-4,6H,1-2H3,(H,11,12);1H/t4-,6-;/m1./s1. The van der Waals surface area contributed by atoms with Crippen LogP contribution in [0.1, 0.15) is 13.8 Å². The fourth-order valence-corrected chi connectivity index (χ4v) is 1.87. The summed E-state index contributed by atoms with van der Waals surface area (Å²) in [5.41, 5.74) is -0.207. The number of rotatable bonds is 2. The van der Waals surface area contributed by atoms with Gasteiger partial charge in [0.2, 0.25) is 0 Å². The van der Waals surface area contributed by atoms with E-state index in [-0.39, 0.29) is 34.1 Å². The monoisotopic (exact) mass is 244 g/mol. The average Bonchev–Trinajstić information content (AvgIpc) is 2.32. The van der Waals surface area contributed by atoms with Gasteiger partial charge in [0.05, 0.1) is 5.92 Å². The minimum Gasteiger partial charge on any atom is -0.481 e. The zero-order valence-corrected chi connectivity index (χ0v) is 9.58. The molecule has 0 unspecified atom stereocenters. The van der Waals surface area contributed by atoms with Crippen molar-refractivity contribution in [2.24, 2.45) is 17.3 Å². The lowest BCUT2D eigenvalue weighted by atomic mass is 10.1. The van der Waals surface area contributed by atoms with Crippen LogP contribution in [0.25, 0.3) is 0 Å². The van der Waals surface area contributed by atoms with Crippen LogP contribution in [-0.2, 0) is 4.79 Å². The molecule has 0 amide bonds. The van der Waals surface area contributed by atoms with Gasteiger partial charge in [-0.3, -0.25) is 4.79 Å². The molecule has 0 aromatic rings. The topological polar surface area (TPSA) is 37.3 Å². The molecule has 0 aromatic heterocycles. The SMILES string of the molecule is CC1(C)[C@H](C=C(Cl)Cl)[C@@H]1C(=O)O.Cl. The van der Waals surface area contributed by atoms with E-state index in [1.807, 2.05) is 13.8 Å². The number of hydrogen-bond donors (Lipinski definition) is 1. The fourth-order valence-electron chi connectivity index (χ4n) is 1.60. The third-order valence-corrected chi connectivity index (χ3v) is 2.73. The number of carboxylic acid groups (broad SMARTS) is 1. The fraction of sp³-hybridized carbons (Fsp3) is 0.625. The van der Waals surface area contributed by atoms with Gasteiger partial charge in [0, 0.05) is 0 Å². The Balaban J connectivity index is 0.00000144. The van der Waals surface area contributed by atoms with Gasteiger partial charge in [0.25, 0.3) is 0 Å². The molecule has 2 atom stereocenters. The van der Waals surface area contributed by atoms with Crippen LogP contribution in [0, 0.1) is 17.3 Å². The highest BCUT2D eigenvalue weighted by molar-refractivity contribution is 6.55. The molecule has 1 aliphatic carbocycles. The van der Waals surface area contributed by atoms with E-state index in [1.165, 1.54) is 0 Å². The molecule has 0 aliphatic heterocycles. The Labute approximate surface area is 93.3 Å². The third kappa shape index (κ3) is 2.52. The van der Waals surface area contributed by atoms with E-state index >= 15 is 0 Å². The van der Waals surface area contributed by atoms with Gasteiger partial charge in [-0.15, -0.1) is 12.4 Å². The number of allylic oxidation sites excluding steroid dienone is 1. The Hall–Kier alpha value is 0.0800. The van der Waals surface area contributed by atoms with E-state index in [0.717, 1.165) is 0 Å². The van der Waals surface area contributed by atoms with Crippen molar-refractivity contribution < 1.29 is 9.90 Å². The largest absolute Gasteiger partial charge is 0.481 e. The van der Waals surface area contributed by atoms with Crippen LogP contribution >= 0.6 is 35.6 Å². The van der Waals surface area contributed by atoms with Gasteiger partial charge < -0.3 is 5.11 Å². The second-order valence-corrected chi connectivity index (χ2v) is 4.63. The number of carbonyl (C=O) groups is 1. The molecule has 0 spiro atoms. The van der Waals surface area contributed by atoms with Crippen molar-refractivity contribution in [3.8, 4) is 0 Å². The molecule has 13 heavy (non-hydrogen) atoms. The Morgan fingerprint density at radius 2 is 1.92 bits per heavy atom. The van der Waals surface area contributed by atoms with E-state index in [2.05, 4.69) is 0 Å². The molecule has 2 nitrogen and oxygen atoms in total. The van der Waals surface area contributed by atoms with Gasteiger partial charge in [0.15, 0.2) is 0 Å². The second-order valence-electron chi connectivity index (χ2n) is 3.62. The first kappa shape index (κ1) is 13.1. The first-order chi connectivity index (χ1) is 5.37. The third-order valence-electron chi connectivity index (χ3n) is 2.48. The van der Waals surface area contributed by atoms with Gasteiger partial charge in [-0.25, -0.2) is 0 Å². The van der Waals surface area contributed by atoms with Crippen LogP contribution < -0.4 is 0 Å². The van der Waals surface area contributed by atoms with Crippen molar-refractivity contribution in [1.29, 1.82) is 0 Å². The molecule has 1 fully saturated rings. The number of halogens is 3. The van der Waals surface area contributed by atoms with Crippen LogP contribution in [-0.4, -0.2) is 11.1 Å². The van der Waals surface area contributed by atoms with Crippen molar-refractivity contribution in [3.05, 3.63) is 10.6 Å². The van der Waals surface area contributed by atoms with E-state index in [9.17, 15) is 4.79 Å². The Morgan fingerprint density at radius 3 is 2.15 bits per heavy atom. The summed E-state index contributed by atoms with van der Waals surface area (Å²) in [5, 5.41) is 8.76. The van der Waals surface area contributed by atoms with Crippen LogP contribution in [0.4, 0.5) is 0 Å². The first-order valence-electron chi connectivity index (χ1n) is 3.63. The number of aliphatic carboxylic acids is 1. The van der Waals surface area contributed by atoms with Crippen molar-refractivity contribution >= 4 is 41.6 Å². The summed E-state index contributed by atoms with van der Waals surface area (Å²) in [7, 11) is 0. The van der Waals surface area contributed by atoms with Crippen LogP contribution in [0.5, 0.6) is 0 Å². The lowest BCUT2D eigenvalue weighted by Gasteiger charge is -1.96. The van der Waals surface area contributed by atoms with Gasteiger partial charge in [-0.1, -0.05) is 37.0 Å². The predicted molar refractivity (Wildman–Crippen MR) is 55.4 cm³/mol. The summed E-state index contributed by atoms with van der Waals surface area (Å²) in [5.74, 6) is -1.15. The van der Waals surface area contributed by atoms with Crippen molar-refractivity contribution in [1.82, 2.24) is 0 Å². The van der Waals surface area contributed by atoms with Crippen LogP contribution in [0.15, 0.2) is 10.6 Å². The Morgan fingerprint density at radius 1 is 1.46 bits per heavy atom. The molecule has 0 radical (unpaired) electrons. The quantitative estimate of drug-likeness (QED) is 0.812. The molecule has 76 valence electrons. The molecule has 0 bridgehead atoms. The highest BCUT2D eigenvalue weighted by atomic mass is 35.5. The zero-order chi connectivity index (χ0) is 9.52. The van der Waals surface area contributed by atoms with Crippen molar-refractivity contribution in [2.75, 3.05) is 0 Å². The van der Waals surface area contributed by atoms with E-state index < -0.39 is 5.97 Å². The van der Waals surface area contributed by atoms with Gasteiger partial charge in [-0.2, -0.15) is 0 Å². The van der Waals surface area contributed by atoms with Crippen molar-refractivity contribution in [3.63, 3.8) is 0 Å². The molecule has 1 saturated carbocycles. The maximum absolute atomic E-state index is 10.7. The molecule has 0 heterocycles. The minimum absolute atomic E-state index is 0. The van der Waals surface area contributed by atoms with Crippen molar-refractivity contribution in [2.45, 2.75) is 13.8 Å². The normalized spacial score (nSPS) is 28.6. The molecule has 1 aliphatic rings. The van der Waals surface area contributed by atoms with E-state index in [4.69, 9.17) is 28.3 Å². The maximum atomic E-state index is 10.7. The Kier molecular flexibility index (Phi) is 4.10. The number of hydrogen-bond acceptors (Lipinski definition) is 1. The predicted octanol–water partition coefficient (Wildman–Crippen LogP) is 3.08. The summed E-state index contributed by atoms with van der Waals surface area (Å²) in [6.45, 7) is 3.79. The second kappa shape index (κ2) is 4.07. The zero-order valence-electron chi connectivity index (χ0n) is 7.25. The lowest BCUT2D eigenvalue weighted by Crippen LogP contribution is -2.02. The molecular weight excluding hydrogens is 234 g/mol. The average molecular weight is 246 g/mol. The summed E-state index contributed by atoms with van der Waals surface area (Å²) in [6.07, 6.45) is 1.60. The summed E-state index contributed by atoms with van der Waals surface area (Å²) >= 11 is 10.9. The van der Waals surface area contributed by atoms with Crippen LogP contribution in [0.2, 0.25) is 0 Å². The highest BCUT2D eigenvalue weighted by Gasteiger charge is 2.60. The van der Waals surface area contributed by atoms with Gasteiger partial charge in [-0.05, 0) is 17.4 Å². The molecule has 1 rings (SSSR count).